The molecule has 0 aromatic heterocycles. The molecule has 1 aliphatic rings. The Balaban J connectivity index is 1.92. The zero-order valence-electron chi connectivity index (χ0n) is 30.6. The molecule has 0 aromatic rings. The normalized spacial score (nSPS) is 17.0. The van der Waals surface area contributed by atoms with Crippen LogP contribution in [0.25, 0.3) is 0 Å². The van der Waals surface area contributed by atoms with Gasteiger partial charge in [0.2, 0.25) is 0 Å². The second kappa shape index (κ2) is 31.4. The predicted octanol–water partition coefficient (Wildman–Crippen LogP) is 10.9. The quantitative estimate of drug-likeness (QED) is 0.0326. The van der Waals surface area contributed by atoms with E-state index in [1.54, 1.807) is 0 Å². The highest BCUT2D eigenvalue weighted by molar-refractivity contribution is 5.70. The van der Waals surface area contributed by atoms with E-state index in [1.807, 2.05) is 0 Å². The van der Waals surface area contributed by atoms with Gasteiger partial charge in [-0.3, -0.25) is 9.59 Å². The van der Waals surface area contributed by atoms with E-state index in [-0.39, 0.29) is 31.6 Å². The summed E-state index contributed by atoms with van der Waals surface area (Å²) in [6.07, 6.45) is 39.5. The molecule has 0 aromatic carbocycles. The molecule has 0 bridgehead atoms. The second-order valence-corrected chi connectivity index (χ2v) is 13.9. The molecule has 1 saturated heterocycles. The number of ether oxygens (including phenoxy) is 3. The lowest BCUT2D eigenvalue weighted by molar-refractivity contribution is -0.161. The maximum absolute atomic E-state index is 12.1. The molecule has 6 heteroatoms. The van der Waals surface area contributed by atoms with E-state index >= 15 is 0 Å². The molecule has 1 heterocycles. The highest BCUT2D eigenvalue weighted by Crippen LogP contribution is 2.30. The third-order valence-corrected chi connectivity index (χ3v) is 8.79. The third-order valence-electron chi connectivity index (χ3n) is 8.79. The fraction of sp³-hybridized carbons (Fsp3) is 0.805. The molecule has 1 N–H and O–H groups in total. The average Bonchev–Trinajstić information content (AvgIpc) is 3.81. The minimum Gasteiger partial charge on any atom is -0.462 e. The second-order valence-electron chi connectivity index (χ2n) is 13.9. The van der Waals surface area contributed by atoms with Crippen molar-refractivity contribution in [1.29, 1.82) is 0 Å². The Morgan fingerprint density at radius 2 is 1.26 bits per heavy atom. The Labute approximate surface area is 289 Å². The van der Waals surface area contributed by atoms with Crippen LogP contribution in [0, 0.1) is 5.92 Å². The van der Waals surface area contributed by atoms with Crippen molar-refractivity contribution in [3.05, 3.63) is 36.5 Å². The van der Waals surface area contributed by atoms with Crippen LogP contribution in [0.1, 0.15) is 175 Å². The monoisotopic (exact) mass is 661 g/mol. The van der Waals surface area contributed by atoms with Crippen molar-refractivity contribution in [2.24, 2.45) is 5.92 Å². The maximum atomic E-state index is 12.1. The van der Waals surface area contributed by atoms with Gasteiger partial charge < -0.3 is 19.3 Å². The number of carbonyl (C=O) groups excluding carboxylic acids is 2. The summed E-state index contributed by atoms with van der Waals surface area (Å²) in [6.45, 7) is 6.40. The van der Waals surface area contributed by atoms with E-state index < -0.39 is 6.10 Å². The Hall–Kier alpha value is -1.92. The van der Waals surface area contributed by atoms with Gasteiger partial charge >= 0.3 is 11.9 Å². The summed E-state index contributed by atoms with van der Waals surface area (Å²) in [7, 11) is 0. The zero-order valence-corrected chi connectivity index (χ0v) is 30.6. The van der Waals surface area contributed by atoms with Gasteiger partial charge in [0.05, 0.1) is 18.8 Å². The molecule has 1 fully saturated rings. The number of hydrogen-bond donors (Lipinski definition) is 1. The summed E-state index contributed by atoms with van der Waals surface area (Å²) in [6, 6.07) is 0. The maximum Gasteiger partial charge on any atom is 0.306 e. The van der Waals surface area contributed by atoms with Gasteiger partial charge in [0.25, 0.3) is 0 Å². The number of hydrogen-bond acceptors (Lipinski definition) is 6. The van der Waals surface area contributed by atoms with Gasteiger partial charge in [-0.15, -0.1) is 0 Å². The van der Waals surface area contributed by atoms with Gasteiger partial charge in [0, 0.05) is 12.8 Å². The van der Waals surface area contributed by atoms with Gasteiger partial charge in [-0.1, -0.05) is 154 Å². The molecule has 0 spiro atoms. The molecule has 272 valence electrons. The molecule has 0 saturated carbocycles. The van der Waals surface area contributed by atoms with Gasteiger partial charge in [0.15, 0.2) is 6.10 Å². The topological polar surface area (TPSA) is 85.4 Å². The number of aliphatic hydroxyl groups is 1. The Morgan fingerprint density at radius 3 is 1.87 bits per heavy atom. The summed E-state index contributed by atoms with van der Waals surface area (Å²) in [4.78, 5) is 24.2. The van der Waals surface area contributed by atoms with Crippen LogP contribution in [0.15, 0.2) is 36.5 Å². The standard InChI is InChI=1S/C41H72O6/c1-4-5-24-30-38-39(47-38)31-26-21-17-13-10-11-15-19-23-28-33-41(44)46-37(34-42)35-45-40(43)32-27-22-18-14-9-7-6-8-12-16-20-25-29-36(2)3/h10,13,15,19,21,26,36-39,42H,4-9,11-12,14,16-18,20,22-25,27-35H2,1-3H3/b13-10-,19-15-,26-21-/t37-,38?,39?/m0/s1. The van der Waals surface area contributed by atoms with Crippen molar-refractivity contribution >= 4 is 11.9 Å². The predicted molar refractivity (Wildman–Crippen MR) is 195 cm³/mol. The van der Waals surface area contributed by atoms with Gasteiger partial charge in [0.1, 0.15) is 6.61 Å². The van der Waals surface area contributed by atoms with Gasteiger partial charge in [-0.25, -0.2) is 0 Å². The van der Waals surface area contributed by atoms with E-state index in [1.165, 1.54) is 89.9 Å². The van der Waals surface area contributed by atoms with Crippen LogP contribution >= 0.6 is 0 Å². The average molecular weight is 661 g/mol. The van der Waals surface area contributed by atoms with Crippen LogP contribution in [0.5, 0.6) is 0 Å². The summed E-state index contributed by atoms with van der Waals surface area (Å²) in [5.74, 6) is 0.177. The lowest BCUT2D eigenvalue weighted by Gasteiger charge is -2.15. The summed E-state index contributed by atoms with van der Waals surface area (Å²) in [5.41, 5.74) is 0. The molecule has 3 atom stereocenters. The first-order valence-corrected chi connectivity index (χ1v) is 19.5. The molecule has 1 rings (SSSR count). The molecule has 0 amide bonds. The number of unbranched alkanes of at least 4 members (excludes halogenated alkanes) is 14. The van der Waals surface area contributed by atoms with Crippen LogP contribution in [-0.2, 0) is 23.8 Å². The first-order valence-electron chi connectivity index (χ1n) is 19.5. The number of carbonyl (C=O) groups is 2. The van der Waals surface area contributed by atoms with Crippen molar-refractivity contribution in [2.75, 3.05) is 13.2 Å². The molecule has 1 aliphatic heterocycles. The number of epoxide rings is 1. The highest BCUT2D eigenvalue weighted by Gasteiger charge is 2.36. The Morgan fingerprint density at radius 1 is 0.681 bits per heavy atom. The first-order chi connectivity index (χ1) is 23.0. The minimum absolute atomic E-state index is 0.0891. The van der Waals surface area contributed by atoms with Crippen LogP contribution in [-0.4, -0.2) is 48.6 Å². The SMILES string of the molecule is CCCCCC1OC1C/C=C\C/C=C\C/C=C\CCCC(=O)O[C@@H](CO)COC(=O)CCCCCCCCCCCCCCC(C)C. The lowest BCUT2D eigenvalue weighted by atomic mass is 10.0. The number of aliphatic hydroxyl groups excluding tert-OH is 1. The van der Waals surface area contributed by atoms with Crippen molar-refractivity contribution < 1.29 is 28.9 Å². The van der Waals surface area contributed by atoms with Crippen LogP contribution in [0.4, 0.5) is 0 Å². The Kier molecular flexibility index (Phi) is 28.8. The van der Waals surface area contributed by atoms with E-state index in [9.17, 15) is 14.7 Å². The molecule has 0 radical (unpaired) electrons. The molecule has 47 heavy (non-hydrogen) atoms. The van der Waals surface area contributed by atoms with Crippen LogP contribution in [0.2, 0.25) is 0 Å². The third kappa shape index (κ3) is 28.8. The molecular formula is C41H72O6. The van der Waals surface area contributed by atoms with E-state index in [0.29, 0.717) is 25.0 Å². The molecule has 0 aliphatic carbocycles. The molecule has 2 unspecified atom stereocenters. The van der Waals surface area contributed by atoms with E-state index in [2.05, 4.69) is 57.2 Å². The van der Waals surface area contributed by atoms with Gasteiger partial charge in [-0.2, -0.15) is 0 Å². The van der Waals surface area contributed by atoms with Crippen molar-refractivity contribution in [3.8, 4) is 0 Å². The largest absolute Gasteiger partial charge is 0.462 e. The molecule has 6 nitrogen and oxygen atoms in total. The smallest absolute Gasteiger partial charge is 0.306 e. The van der Waals surface area contributed by atoms with E-state index in [0.717, 1.165) is 50.9 Å². The fourth-order valence-electron chi connectivity index (χ4n) is 5.71. The minimum atomic E-state index is -0.801. The van der Waals surface area contributed by atoms with Crippen molar-refractivity contribution in [1.82, 2.24) is 0 Å². The Bertz CT molecular complexity index is 832. The van der Waals surface area contributed by atoms with Crippen LogP contribution < -0.4 is 0 Å². The van der Waals surface area contributed by atoms with Crippen LogP contribution in [0.3, 0.4) is 0 Å². The number of allylic oxidation sites excluding steroid dienone is 5. The summed E-state index contributed by atoms with van der Waals surface area (Å²) >= 11 is 0. The number of esters is 2. The fourth-order valence-corrected chi connectivity index (χ4v) is 5.71. The van der Waals surface area contributed by atoms with Crippen molar-refractivity contribution in [2.45, 2.75) is 193 Å². The van der Waals surface area contributed by atoms with E-state index in [4.69, 9.17) is 14.2 Å². The zero-order chi connectivity index (χ0) is 34.2. The van der Waals surface area contributed by atoms with Crippen molar-refractivity contribution in [3.63, 3.8) is 0 Å². The first kappa shape index (κ1) is 43.1. The summed E-state index contributed by atoms with van der Waals surface area (Å²) in [5, 5.41) is 9.54. The summed E-state index contributed by atoms with van der Waals surface area (Å²) < 4.78 is 16.3. The number of rotatable bonds is 33. The lowest BCUT2D eigenvalue weighted by Crippen LogP contribution is -2.28. The highest BCUT2D eigenvalue weighted by atomic mass is 16.6. The van der Waals surface area contributed by atoms with Gasteiger partial charge in [-0.05, 0) is 50.9 Å². The molecular weight excluding hydrogens is 588 g/mol.